The Hall–Kier alpha value is -4.32. The maximum Gasteiger partial charge on any atom is 0.374 e. The van der Waals surface area contributed by atoms with Crippen molar-refractivity contribution < 1.29 is 27.2 Å². The maximum absolute atomic E-state index is 14.6. The molecule has 6 rings (SSSR count). The van der Waals surface area contributed by atoms with Crippen LogP contribution in [0.15, 0.2) is 94.2 Å². The molecule has 5 aromatic rings. The van der Waals surface area contributed by atoms with E-state index in [9.17, 15) is 18.0 Å². The lowest BCUT2D eigenvalue weighted by molar-refractivity contribution is 0.0491. The number of fused-ring (bicyclic) bond motifs is 1. The number of nitrogens with zero attached hydrogens (tertiary/aromatic N) is 3. The molecule has 0 saturated carbocycles. The van der Waals surface area contributed by atoms with Gasteiger partial charge in [-0.25, -0.2) is 13.2 Å². The second-order valence-electron chi connectivity index (χ2n) is 11.1. The smallest absolute Gasteiger partial charge is 0.374 e. The van der Waals surface area contributed by atoms with Gasteiger partial charge in [-0.3, -0.25) is 9.10 Å². The van der Waals surface area contributed by atoms with E-state index in [0.29, 0.717) is 64.0 Å². The minimum atomic E-state index is -4.10. The molecule has 3 heterocycles. The summed E-state index contributed by atoms with van der Waals surface area (Å²) >= 11 is 7.33. The number of halogens is 1. The third-order valence-corrected chi connectivity index (χ3v) is 11.3. The highest BCUT2D eigenvalue weighted by Gasteiger charge is 2.31. The summed E-state index contributed by atoms with van der Waals surface area (Å²) in [5.74, 6) is -0.592. The zero-order valence-electron chi connectivity index (χ0n) is 26.0. The van der Waals surface area contributed by atoms with Crippen LogP contribution in [-0.4, -0.2) is 64.5 Å². The predicted octanol–water partition coefficient (Wildman–Crippen LogP) is 7.03. The van der Waals surface area contributed by atoms with Crippen LogP contribution in [0.1, 0.15) is 38.3 Å². The van der Waals surface area contributed by atoms with E-state index in [4.69, 9.17) is 20.8 Å². The number of furan rings is 1. The fraction of sp³-hybridized carbons (Fsp3) is 0.257. The van der Waals surface area contributed by atoms with E-state index in [-0.39, 0.29) is 29.7 Å². The minimum Gasteiger partial charge on any atom is -0.460 e. The van der Waals surface area contributed by atoms with Gasteiger partial charge in [0.05, 0.1) is 32.1 Å². The van der Waals surface area contributed by atoms with Crippen LogP contribution in [0.25, 0.3) is 11.0 Å². The third kappa shape index (κ3) is 6.74. The quantitative estimate of drug-likeness (QED) is 0.145. The van der Waals surface area contributed by atoms with Crippen LogP contribution in [0.3, 0.4) is 0 Å². The van der Waals surface area contributed by atoms with E-state index in [0.717, 1.165) is 11.3 Å². The molecular weight excluding hydrogens is 658 g/mol. The number of carbonyl (C=O) groups excluding carboxylic acids is 2. The first-order chi connectivity index (χ1) is 22.7. The average Bonchev–Trinajstić information content (AvgIpc) is 3.67. The Labute approximate surface area is 283 Å². The first-order valence-corrected chi connectivity index (χ1v) is 18.0. The van der Waals surface area contributed by atoms with Crippen LogP contribution in [0.2, 0.25) is 4.34 Å². The molecule has 1 amide bonds. The van der Waals surface area contributed by atoms with E-state index in [1.807, 2.05) is 54.6 Å². The number of amides is 1. The van der Waals surface area contributed by atoms with E-state index in [2.05, 4.69) is 4.90 Å². The van der Waals surface area contributed by atoms with Crippen molar-refractivity contribution in [1.29, 1.82) is 0 Å². The molecule has 3 aromatic carbocycles. The number of carbonyl (C=O) groups is 2. The maximum atomic E-state index is 14.6. The summed E-state index contributed by atoms with van der Waals surface area (Å²) in [6.45, 7) is 5.85. The van der Waals surface area contributed by atoms with Crippen molar-refractivity contribution in [2.45, 2.75) is 25.2 Å². The predicted molar refractivity (Wildman–Crippen MR) is 185 cm³/mol. The van der Waals surface area contributed by atoms with Gasteiger partial charge < -0.3 is 19.0 Å². The van der Waals surface area contributed by atoms with Gasteiger partial charge in [-0.15, -0.1) is 11.3 Å². The van der Waals surface area contributed by atoms with Crippen LogP contribution < -0.4 is 9.21 Å². The van der Waals surface area contributed by atoms with Gasteiger partial charge in [0.25, 0.3) is 15.9 Å². The Bertz CT molecular complexity index is 2020. The van der Waals surface area contributed by atoms with Crippen LogP contribution >= 0.6 is 22.9 Å². The second-order valence-corrected chi connectivity index (χ2v) is 14.7. The summed E-state index contributed by atoms with van der Waals surface area (Å²) < 4.78 is 42.1. The summed E-state index contributed by atoms with van der Waals surface area (Å²) in [4.78, 5) is 30.2. The molecule has 2 aromatic heterocycles. The van der Waals surface area contributed by atoms with Crippen molar-refractivity contribution in [3.8, 4) is 0 Å². The number of hydrogen-bond acceptors (Lipinski definition) is 8. The molecule has 1 fully saturated rings. The topological polar surface area (TPSA) is 100 Å². The molecule has 0 bridgehead atoms. The first-order valence-electron chi connectivity index (χ1n) is 15.3. The highest BCUT2D eigenvalue weighted by Crippen LogP contribution is 2.36. The number of thiophene rings is 1. The molecule has 0 spiro atoms. The first kappa shape index (κ1) is 32.6. The summed E-state index contributed by atoms with van der Waals surface area (Å²) in [5.41, 5.74) is 3.23. The van der Waals surface area contributed by atoms with Gasteiger partial charge in [0.2, 0.25) is 5.76 Å². The van der Waals surface area contributed by atoms with Crippen molar-refractivity contribution in [2.75, 3.05) is 48.5 Å². The van der Waals surface area contributed by atoms with Crippen LogP contribution in [0, 0.1) is 6.92 Å². The van der Waals surface area contributed by atoms with Gasteiger partial charge in [0.1, 0.15) is 5.58 Å². The summed E-state index contributed by atoms with van der Waals surface area (Å²) in [7, 11) is -4.10. The normalized spacial score (nSPS) is 13.6. The molecule has 1 aliphatic rings. The molecule has 0 N–H and O–H groups in total. The Kier molecular flexibility index (Phi) is 9.58. The van der Waals surface area contributed by atoms with Gasteiger partial charge in [-0.2, -0.15) is 0 Å². The molecule has 244 valence electrons. The molecule has 0 unspecified atom stereocenters. The van der Waals surface area contributed by atoms with Crippen molar-refractivity contribution in [3.05, 3.63) is 111 Å². The number of anilines is 2. The number of esters is 1. The average molecular weight is 692 g/mol. The Balaban J connectivity index is 1.33. The zero-order valence-corrected chi connectivity index (χ0v) is 28.4. The van der Waals surface area contributed by atoms with Crippen LogP contribution in [0.5, 0.6) is 0 Å². The Morgan fingerprint density at radius 3 is 2.38 bits per heavy atom. The van der Waals surface area contributed by atoms with E-state index in [1.54, 1.807) is 43.0 Å². The summed E-state index contributed by atoms with van der Waals surface area (Å²) in [6, 6.07) is 25.3. The summed E-state index contributed by atoms with van der Waals surface area (Å²) in [6.07, 6.45) is 0.486. The number of sulfonamides is 1. The van der Waals surface area contributed by atoms with Gasteiger partial charge in [0, 0.05) is 43.7 Å². The Morgan fingerprint density at radius 2 is 1.68 bits per heavy atom. The van der Waals surface area contributed by atoms with Gasteiger partial charge >= 0.3 is 5.97 Å². The largest absolute Gasteiger partial charge is 0.460 e. The van der Waals surface area contributed by atoms with Gasteiger partial charge in [0.15, 0.2) is 0 Å². The van der Waals surface area contributed by atoms with E-state index in [1.165, 1.54) is 21.7 Å². The third-order valence-electron chi connectivity index (χ3n) is 8.24. The molecular formula is C35H34ClN3O6S2. The molecule has 1 saturated heterocycles. The lowest BCUT2D eigenvalue weighted by atomic mass is 10.1. The van der Waals surface area contributed by atoms with E-state index >= 15 is 0 Å². The number of ether oxygens (including phenoxy) is 1. The van der Waals surface area contributed by atoms with E-state index < -0.39 is 16.0 Å². The zero-order chi connectivity index (χ0) is 33.1. The van der Waals surface area contributed by atoms with Crippen molar-refractivity contribution in [1.82, 2.24) is 4.90 Å². The molecule has 47 heavy (non-hydrogen) atoms. The fourth-order valence-corrected chi connectivity index (χ4v) is 8.32. The SMILES string of the molecule is CCOC(=O)c1oc2ccc(S(=O)(=O)N(CCc3ccccc3)c3ccccc3N3CCN(C(=O)c4ccc(Cl)s4)CC3)cc2c1C. The number of benzene rings is 3. The standard InChI is InChI=1S/C35H34ClN3O6S2/c1-3-44-35(41)33-24(2)27-23-26(13-14-30(27)45-33)47(42,43)39(18-17-25-9-5-4-6-10-25)29-12-8-7-11-28(29)37-19-21-38(22-20-37)34(40)31-15-16-32(36)46-31/h4-16,23H,3,17-22H2,1-2H3. The number of hydrogen-bond donors (Lipinski definition) is 0. The highest BCUT2D eigenvalue weighted by atomic mass is 35.5. The van der Waals surface area contributed by atoms with Crippen molar-refractivity contribution >= 4 is 67.2 Å². The molecule has 0 radical (unpaired) electrons. The summed E-state index contributed by atoms with van der Waals surface area (Å²) in [5, 5.41) is 0.526. The van der Waals surface area contributed by atoms with Gasteiger partial charge in [-0.1, -0.05) is 54.1 Å². The Morgan fingerprint density at radius 1 is 0.957 bits per heavy atom. The molecule has 12 heteroatoms. The van der Waals surface area contributed by atoms with Crippen LogP contribution in [-0.2, 0) is 21.2 Å². The lowest BCUT2D eigenvalue weighted by Gasteiger charge is -2.38. The number of rotatable bonds is 10. The number of aryl methyl sites for hydroxylation is 1. The highest BCUT2D eigenvalue weighted by molar-refractivity contribution is 7.92. The molecule has 9 nitrogen and oxygen atoms in total. The monoisotopic (exact) mass is 691 g/mol. The van der Waals surface area contributed by atoms with Gasteiger partial charge in [-0.05, 0) is 68.3 Å². The molecule has 1 aliphatic heterocycles. The molecule has 0 aliphatic carbocycles. The fourth-order valence-electron chi connectivity index (χ4n) is 5.80. The second kappa shape index (κ2) is 13.8. The number of piperazine rings is 1. The number of para-hydroxylation sites is 2. The minimum absolute atomic E-state index is 0.0575. The van der Waals surface area contributed by atoms with Crippen molar-refractivity contribution in [3.63, 3.8) is 0 Å². The van der Waals surface area contributed by atoms with Crippen molar-refractivity contribution in [2.24, 2.45) is 0 Å². The van der Waals surface area contributed by atoms with Crippen LogP contribution in [0.4, 0.5) is 11.4 Å². The molecule has 0 atom stereocenters. The lowest BCUT2D eigenvalue weighted by Crippen LogP contribution is -2.49.